The highest BCUT2D eigenvalue weighted by Crippen LogP contribution is 2.33. The lowest BCUT2D eigenvalue weighted by Gasteiger charge is -2.24. The Kier molecular flexibility index (Phi) is 3.64. The minimum Gasteiger partial charge on any atom is -0.331 e. The third-order valence-corrected chi connectivity index (χ3v) is 3.85. The van der Waals surface area contributed by atoms with Crippen LogP contribution >= 0.6 is 0 Å². The average molecular weight is 309 g/mol. The molecule has 1 atom stereocenters. The summed E-state index contributed by atoms with van der Waals surface area (Å²) >= 11 is 0. The monoisotopic (exact) mass is 309 g/mol. The molecule has 0 spiro atoms. The van der Waals surface area contributed by atoms with Gasteiger partial charge >= 0.3 is 0 Å². The number of rotatable bonds is 2. The molecule has 0 radical (unpaired) electrons. The Balaban J connectivity index is 1.91. The van der Waals surface area contributed by atoms with Crippen LogP contribution in [0.3, 0.4) is 0 Å². The van der Waals surface area contributed by atoms with E-state index in [9.17, 15) is 18.0 Å². The van der Waals surface area contributed by atoms with Gasteiger partial charge in [-0.3, -0.25) is 9.48 Å². The number of benzene rings is 1. The van der Waals surface area contributed by atoms with Gasteiger partial charge in [0.15, 0.2) is 17.5 Å². The molecule has 3 rings (SSSR count). The standard InChI is InChI=1S/C15H14F3N3O/c1-20-8-10(7-19-20)13-3-2-4-21(13)15(22)9-5-11(16)14(18)12(17)6-9/h5-8,13H,2-4H2,1H3/t13-/m1/s1. The maximum Gasteiger partial charge on any atom is 0.254 e. The van der Waals surface area contributed by atoms with Crippen LogP contribution in [0.25, 0.3) is 0 Å². The van der Waals surface area contributed by atoms with E-state index in [1.165, 1.54) is 0 Å². The first-order valence-electron chi connectivity index (χ1n) is 6.91. The fourth-order valence-corrected chi connectivity index (χ4v) is 2.81. The molecule has 7 heteroatoms. The Morgan fingerprint density at radius 2 is 1.95 bits per heavy atom. The number of nitrogens with zero attached hydrogens (tertiary/aromatic N) is 3. The summed E-state index contributed by atoms with van der Waals surface area (Å²) in [4.78, 5) is 14.0. The van der Waals surface area contributed by atoms with Gasteiger partial charge in [0.2, 0.25) is 0 Å². The van der Waals surface area contributed by atoms with Crippen LogP contribution < -0.4 is 0 Å². The molecule has 116 valence electrons. The summed E-state index contributed by atoms with van der Waals surface area (Å²) in [7, 11) is 1.77. The summed E-state index contributed by atoms with van der Waals surface area (Å²) in [5, 5.41) is 4.08. The average Bonchev–Trinajstić information content (AvgIpc) is 3.11. The molecule has 2 heterocycles. The summed E-state index contributed by atoms with van der Waals surface area (Å²) in [5.41, 5.74) is 0.684. The van der Waals surface area contributed by atoms with Crippen LogP contribution in [0.5, 0.6) is 0 Å². The molecule has 1 saturated heterocycles. The first kappa shape index (κ1) is 14.6. The normalized spacial score (nSPS) is 18.0. The van der Waals surface area contributed by atoms with Crippen LogP contribution in [0.2, 0.25) is 0 Å². The molecule has 0 unspecified atom stereocenters. The van der Waals surface area contributed by atoms with E-state index in [0.717, 1.165) is 30.5 Å². The number of aromatic nitrogens is 2. The van der Waals surface area contributed by atoms with Crippen molar-refractivity contribution in [3.63, 3.8) is 0 Å². The number of hydrogen-bond donors (Lipinski definition) is 0. The minimum atomic E-state index is -1.57. The number of hydrogen-bond acceptors (Lipinski definition) is 2. The Hall–Kier alpha value is -2.31. The molecule has 0 bridgehead atoms. The van der Waals surface area contributed by atoms with Gasteiger partial charge in [-0.1, -0.05) is 0 Å². The Morgan fingerprint density at radius 1 is 1.27 bits per heavy atom. The van der Waals surface area contributed by atoms with E-state index in [1.807, 2.05) is 6.20 Å². The molecular weight excluding hydrogens is 295 g/mol. The van der Waals surface area contributed by atoms with Crippen molar-refractivity contribution in [1.29, 1.82) is 0 Å². The molecule has 1 aliphatic rings. The van der Waals surface area contributed by atoms with Gasteiger partial charge in [0.05, 0.1) is 12.2 Å². The van der Waals surface area contributed by atoms with Crippen LogP contribution in [-0.2, 0) is 7.05 Å². The predicted octanol–water partition coefficient (Wildman–Crippen LogP) is 2.81. The zero-order chi connectivity index (χ0) is 15.9. The van der Waals surface area contributed by atoms with E-state index in [1.54, 1.807) is 22.8 Å². The van der Waals surface area contributed by atoms with Crippen molar-refractivity contribution >= 4 is 5.91 Å². The Labute approximate surface area is 125 Å². The van der Waals surface area contributed by atoms with Crippen LogP contribution in [0, 0.1) is 17.5 Å². The number of likely N-dealkylation sites (tertiary alicyclic amines) is 1. The van der Waals surface area contributed by atoms with E-state index in [2.05, 4.69) is 5.10 Å². The number of amides is 1. The molecule has 1 fully saturated rings. The highest BCUT2D eigenvalue weighted by molar-refractivity contribution is 5.94. The van der Waals surface area contributed by atoms with E-state index in [-0.39, 0.29) is 11.6 Å². The summed E-state index contributed by atoms with van der Waals surface area (Å²) in [6.45, 7) is 0.485. The van der Waals surface area contributed by atoms with Crippen molar-refractivity contribution in [2.24, 2.45) is 7.05 Å². The lowest BCUT2D eigenvalue weighted by Crippen LogP contribution is -2.30. The Bertz CT molecular complexity index is 706. The fraction of sp³-hybridized carbons (Fsp3) is 0.333. The molecule has 0 aliphatic carbocycles. The zero-order valence-corrected chi connectivity index (χ0v) is 11.9. The van der Waals surface area contributed by atoms with Crippen LogP contribution in [0.15, 0.2) is 24.5 Å². The molecule has 1 aliphatic heterocycles. The van der Waals surface area contributed by atoms with Gasteiger partial charge in [-0.05, 0) is 25.0 Å². The highest BCUT2D eigenvalue weighted by Gasteiger charge is 2.32. The van der Waals surface area contributed by atoms with E-state index >= 15 is 0 Å². The quantitative estimate of drug-likeness (QED) is 0.800. The molecule has 0 saturated carbocycles. The summed E-state index contributed by atoms with van der Waals surface area (Å²) in [5.74, 6) is -4.80. The van der Waals surface area contributed by atoms with Gasteiger partial charge in [-0.25, -0.2) is 13.2 Å². The van der Waals surface area contributed by atoms with Gasteiger partial charge in [-0.15, -0.1) is 0 Å². The Morgan fingerprint density at radius 3 is 2.55 bits per heavy atom. The second kappa shape index (κ2) is 5.47. The second-order valence-corrected chi connectivity index (χ2v) is 5.36. The predicted molar refractivity (Wildman–Crippen MR) is 72.5 cm³/mol. The van der Waals surface area contributed by atoms with Crippen molar-refractivity contribution in [3.8, 4) is 0 Å². The first-order chi connectivity index (χ1) is 10.5. The maximum atomic E-state index is 13.3. The summed E-state index contributed by atoms with van der Waals surface area (Å²) in [6, 6.07) is 1.29. The number of carbonyl (C=O) groups excluding carboxylic acids is 1. The summed E-state index contributed by atoms with van der Waals surface area (Å²) < 4.78 is 41.3. The zero-order valence-electron chi connectivity index (χ0n) is 11.9. The van der Waals surface area contributed by atoms with Crippen molar-refractivity contribution in [3.05, 3.63) is 53.1 Å². The van der Waals surface area contributed by atoms with Crippen molar-refractivity contribution < 1.29 is 18.0 Å². The topological polar surface area (TPSA) is 38.1 Å². The van der Waals surface area contributed by atoms with Crippen molar-refractivity contribution in [2.45, 2.75) is 18.9 Å². The SMILES string of the molecule is Cn1cc([C@H]2CCCN2C(=O)c2cc(F)c(F)c(F)c2)cn1. The van der Waals surface area contributed by atoms with Gasteiger partial charge < -0.3 is 4.90 Å². The van der Waals surface area contributed by atoms with Crippen LogP contribution in [0.4, 0.5) is 13.2 Å². The van der Waals surface area contributed by atoms with Gasteiger partial charge in [0.25, 0.3) is 5.91 Å². The van der Waals surface area contributed by atoms with E-state index in [0.29, 0.717) is 6.54 Å². The maximum absolute atomic E-state index is 13.3. The van der Waals surface area contributed by atoms with Gasteiger partial charge in [0.1, 0.15) is 0 Å². The largest absolute Gasteiger partial charge is 0.331 e. The number of halogens is 3. The van der Waals surface area contributed by atoms with E-state index < -0.39 is 23.4 Å². The lowest BCUT2D eigenvalue weighted by atomic mass is 10.1. The van der Waals surface area contributed by atoms with Crippen molar-refractivity contribution in [2.75, 3.05) is 6.54 Å². The third-order valence-electron chi connectivity index (χ3n) is 3.85. The third kappa shape index (κ3) is 2.47. The molecule has 1 amide bonds. The second-order valence-electron chi connectivity index (χ2n) is 5.36. The van der Waals surface area contributed by atoms with E-state index in [4.69, 9.17) is 0 Å². The smallest absolute Gasteiger partial charge is 0.254 e. The van der Waals surface area contributed by atoms with Crippen LogP contribution in [-0.4, -0.2) is 27.1 Å². The summed E-state index contributed by atoms with van der Waals surface area (Å²) in [6.07, 6.45) is 5.02. The molecular formula is C15H14F3N3O. The first-order valence-corrected chi connectivity index (χ1v) is 6.91. The molecule has 1 aromatic heterocycles. The molecule has 22 heavy (non-hydrogen) atoms. The number of aryl methyl sites for hydroxylation is 1. The molecule has 2 aromatic rings. The minimum absolute atomic E-state index is 0.183. The number of carbonyl (C=O) groups is 1. The fourth-order valence-electron chi connectivity index (χ4n) is 2.81. The van der Waals surface area contributed by atoms with Crippen LogP contribution in [0.1, 0.15) is 34.8 Å². The molecule has 1 aromatic carbocycles. The lowest BCUT2D eigenvalue weighted by molar-refractivity contribution is 0.0734. The molecule has 4 nitrogen and oxygen atoms in total. The van der Waals surface area contributed by atoms with Crippen molar-refractivity contribution in [1.82, 2.24) is 14.7 Å². The molecule has 0 N–H and O–H groups in total. The van der Waals surface area contributed by atoms with Gasteiger partial charge in [0, 0.05) is 30.9 Å². The highest BCUT2D eigenvalue weighted by atomic mass is 19.2. The van der Waals surface area contributed by atoms with Gasteiger partial charge in [-0.2, -0.15) is 5.10 Å².